The maximum atomic E-state index is 5.87. The van der Waals surface area contributed by atoms with Crippen molar-refractivity contribution < 1.29 is 4.74 Å². The topological polar surface area (TPSA) is 12.5 Å². The second kappa shape index (κ2) is 9.82. The fourth-order valence-electron chi connectivity index (χ4n) is 2.60. The average molecular weight is 277 g/mol. The van der Waals surface area contributed by atoms with Gasteiger partial charge in [-0.15, -0.1) is 0 Å². The molecule has 0 atom stereocenters. The summed E-state index contributed by atoms with van der Waals surface area (Å²) in [6, 6.07) is 6.45. The Hall–Kier alpha value is -1.02. The Morgan fingerprint density at radius 2 is 1.70 bits per heavy atom. The molecule has 0 bridgehead atoms. The van der Waals surface area contributed by atoms with Crippen molar-refractivity contribution >= 4 is 0 Å². The molecule has 0 saturated heterocycles. The maximum absolute atomic E-state index is 5.87. The number of hydrogen-bond acceptors (Lipinski definition) is 2. The van der Waals surface area contributed by atoms with Crippen molar-refractivity contribution in [2.45, 2.75) is 53.4 Å². The number of ether oxygens (including phenoxy) is 1. The zero-order valence-electron chi connectivity index (χ0n) is 13.7. The number of aryl methyl sites for hydroxylation is 2. The third-order valence-corrected chi connectivity index (χ3v) is 3.66. The van der Waals surface area contributed by atoms with Crippen LogP contribution in [0.2, 0.25) is 0 Å². The smallest absolute Gasteiger partial charge is 0.119 e. The van der Waals surface area contributed by atoms with E-state index >= 15 is 0 Å². The van der Waals surface area contributed by atoms with Crippen molar-refractivity contribution in [2.24, 2.45) is 0 Å². The van der Waals surface area contributed by atoms with Gasteiger partial charge in [-0.3, -0.25) is 0 Å². The SMILES string of the molecule is CCCN(CCC)CCCOc1ccc(CC)c(C)c1. The van der Waals surface area contributed by atoms with Crippen LogP contribution in [0, 0.1) is 6.92 Å². The molecule has 2 heteroatoms. The summed E-state index contributed by atoms with van der Waals surface area (Å²) in [4.78, 5) is 2.54. The quantitative estimate of drug-likeness (QED) is 0.586. The molecule has 1 rings (SSSR count). The van der Waals surface area contributed by atoms with Crippen LogP contribution in [0.4, 0.5) is 0 Å². The third-order valence-electron chi connectivity index (χ3n) is 3.66. The second-order valence-electron chi connectivity index (χ2n) is 5.49. The van der Waals surface area contributed by atoms with Crippen molar-refractivity contribution in [2.75, 3.05) is 26.2 Å². The number of hydrogen-bond donors (Lipinski definition) is 0. The zero-order chi connectivity index (χ0) is 14.8. The first-order valence-corrected chi connectivity index (χ1v) is 8.15. The minimum atomic E-state index is 0.814. The lowest BCUT2D eigenvalue weighted by Crippen LogP contribution is -2.27. The minimum absolute atomic E-state index is 0.814. The molecule has 2 nitrogen and oxygen atoms in total. The Morgan fingerprint density at radius 3 is 2.25 bits per heavy atom. The third kappa shape index (κ3) is 5.96. The highest BCUT2D eigenvalue weighted by Gasteiger charge is 2.03. The van der Waals surface area contributed by atoms with Gasteiger partial charge in [0.15, 0.2) is 0 Å². The van der Waals surface area contributed by atoms with Gasteiger partial charge in [-0.2, -0.15) is 0 Å². The number of nitrogens with zero attached hydrogens (tertiary/aromatic N) is 1. The molecule has 0 heterocycles. The molecule has 0 radical (unpaired) electrons. The van der Waals surface area contributed by atoms with E-state index in [9.17, 15) is 0 Å². The van der Waals surface area contributed by atoms with Crippen LogP contribution in [0.15, 0.2) is 18.2 Å². The van der Waals surface area contributed by atoms with E-state index in [0.717, 1.165) is 31.7 Å². The summed E-state index contributed by atoms with van der Waals surface area (Å²) >= 11 is 0. The van der Waals surface area contributed by atoms with E-state index in [4.69, 9.17) is 4.74 Å². The molecule has 0 aromatic heterocycles. The van der Waals surface area contributed by atoms with Gasteiger partial charge in [-0.05, 0) is 69.0 Å². The van der Waals surface area contributed by atoms with Crippen LogP contribution in [-0.4, -0.2) is 31.1 Å². The van der Waals surface area contributed by atoms with Crippen molar-refractivity contribution in [3.8, 4) is 5.75 Å². The molecule has 20 heavy (non-hydrogen) atoms. The van der Waals surface area contributed by atoms with E-state index in [0.29, 0.717) is 0 Å². The molecule has 0 aliphatic carbocycles. The molecule has 0 spiro atoms. The van der Waals surface area contributed by atoms with E-state index in [1.165, 1.54) is 37.1 Å². The number of benzene rings is 1. The van der Waals surface area contributed by atoms with Crippen LogP contribution in [0.1, 0.15) is 51.2 Å². The van der Waals surface area contributed by atoms with Gasteiger partial charge in [0.1, 0.15) is 5.75 Å². The second-order valence-corrected chi connectivity index (χ2v) is 5.49. The Bertz CT molecular complexity index is 370. The first kappa shape index (κ1) is 17.0. The largest absolute Gasteiger partial charge is 0.494 e. The fourth-order valence-corrected chi connectivity index (χ4v) is 2.60. The Morgan fingerprint density at radius 1 is 1.00 bits per heavy atom. The summed E-state index contributed by atoms with van der Waals surface area (Å²) in [5.74, 6) is 1.01. The zero-order valence-corrected chi connectivity index (χ0v) is 13.7. The molecule has 0 unspecified atom stereocenters. The standard InChI is InChI=1S/C18H31NO/c1-5-11-19(12-6-2)13-8-14-20-18-10-9-17(7-3)16(4)15-18/h9-10,15H,5-8,11-14H2,1-4H3. The summed E-state index contributed by atoms with van der Waals surface area (Å²) in [5.41, 5.74) is 2.75. The molecule has 0 aliphatic rings. The summed E-state index contributed by atoms with van der Waals surface area (Å²) < 4.78 is 5.87. The lowest BCUT2D eigenvalue weighted by Gasteiger charge is -2.20. The van der Waals surface area contributed by atoms with Gasteiger partial charge in [-0.1, -0.05) is 26.8 Å². The van der Waals surface area contributed by atoms with Crippen LogP contribution in [0.3, 0.4) is 0 Å². The van der Waals surface area contributed by atoms with Crippen LogP contribution in [-0.2, 0) is 6.42 Å². The molecule has 1 aromatic carbocycles. The van der Waals surface area contributed by atoms with Gasteiger partial charge in [0.25, 0.3) is 0 Å². The fraction of sp³-hybridized carbons (Fsp3) is 0.667. The normalized spacial score (nSPS) is 11.1. The van der Waals surface area contributed by atoms with E-state index < -0.39 is 0 Å². The van der Waals surface area contributed by atoms with Crippen LogP contribution >= 0.6 is 0 Å². The van der Waals surface area contributed by atoms with Crippen molar-refractivity contribution in [1.82, 2.24) is 4.90 Å². The van der Waals surface area contributed by atoms with Gasteiger partial charge in [0.2, 0.25) is 0 Å². The highest BCUT2D eigenvalue weighted by Crippen LogP contribution is 2.17. The number of rotatable bonds is 10. The molecule has 114 valence electrons. The molecule has 1 aromatic rings. The van der Waals surface area contributed by atoms with Gasteiger partial charge >= 0.3 is 0 Å². The molecule has 0 N–H and O–H groups in total. The molecule has 0 amide bonds. The molecular weight excluding hydrogens is 246 g/mol. The van der Waals surface area contributed by atoms with E-state index in [2.05, 4.69) is 50.8 Å². The summed E-state index contributed by atoms with van der Waals surface area (Å²) in [5, 5.41) is 0. The van der Waals surface area contributed by atoms with E-state index in [1.54, 1.807) is 0 Å². The lowest BCUT2D eigenvalue weighted by atomic mass is 10.1. The average Bonchev–Trinajstić information content (AvgIpc) is 2.44. The molecule has 0 saturated carbocycles. The van der Waals surface area contributed by atoms with Crippen molar-refractivity contribution in [3.05, 3.63) is 29.3 Å². The van der Waals surface area contributed by atoms with Crippen LogP contribution in [0.25, 0.3) is 0 Å². The molecule has 0 aliphatic heterocycles. The molecular formula is C18H31NO. The predicted octanol–water partition coefficient (Wildman–Crippen LogP) is 4.45. The van der Waals surface area contributed by atoms with Gasteiger partial charge < -0.3 is 9.64 Å². The van der Waals surface area contributed by atoms with Gasteiger partial charge in [0, 0.05) is 6.54 Å². The van der Waals surface area contributed by atoms with Crippen LogP contribution in [0.5, 0.6) is 5.75 Å². The Labute approximate surface area is 125 Å². The highest BCUT2D eigenvalue weighted by atomic mass is 16.5. The van der Waals surface area contributed by atoms with Gasteiger partial charge in [0.05, 0.1) is 6.61 Å². The summed E-state index contributed by atoms with van der Waals surface area (Å²) in [6.45, 7) is 13.2. The Balaban J connectivity index is 2.31. The predicted molar refractivity (Wildman–Crippen MR) is 87.7 cm³/mol. The monoisotopic (exact) mass is 277 g/mol. The van der Waals surface area contributed by atoms with Gasteiger partial charge in [-0.25, -0.2) is 0 Å². The van der Waals surface area contributed by atoms with E-state index in [-0.39, 0.29) is 0 Å². The molecule has 0 fully saturated rings. The highest BCUT2D eigenvalue weighted by molar-refractivity contribution is 5.34. The maximum Gasteiger partial charge on any atom is 0.119 e. The first-order chi connectivity index (χ1) is 9.71. The Kier molecular flexibility index (Phi) is 8.36. The van der Waals surface area contributed by atoms with Crippen molar-refractivity contribution in [3.63, 3.8) is 0 Å². The summed E-state index contributed by atoms with van der Waals surface area (Å²) in [7, 11) is 0. The van der Waals surface area contributed by atoms with Crippen LogP contribution < -0.4 is 4.74 Å². The van der Waals surface area contributed by atoms with E-state index in [1.807, 2.05) is 0 Å². The van der Waals surface area contributed by atoms with Crippen molar-refractivity contribution in [1.29, 1.82) is 0 Å². The first-order valence-electron chi connectivity index (χ1n) is 8.15. The summed E-state index contributed by atoms with van der Waals surface area (Å²) in [6.07, 6.45) is 4.67. The minimum Gasteiger partial charge on any atom is -0.494 e. The lowest BCUT2D eigenvalue weighted by molar-refractivity contribution is 0.234.